The Hall–Kier alpha value is -10.6. The second kappa shape index (κ2) is 36.1. The summed E-state index contributed by atoms with van der Waals surface area (Å²) >= 11 is 0. The lowest BCUT2D eigenvalue weighted by Gasteiger charge is -2.31. The van der Waals surface area contributed by atoms with Gasteiger partial charge in [0.1, 0.15) is 35.6 Å². The van der Waals surface area contributed by atoms with Crippen LogP contribution in [0.5, 0.6) is 0 Å². The van der Waals surface area contributed by atoms with Gasteiger partial charge in [0.15, 0.2) is 0 Å². The predicted octanol–water partition coefficient (Wildman–Crippen LogP) is 19.2. The van der Waals surface area contributed by atoms with Crippen molar-refractivity contribution >= 4 is 73.0 Å². The summed E-state index contributed by atoms with van der Waals surface area (Å²) in [7, 11) is 2.30. The van der Waals surface area contributed by atoms with E-state index in [1.54, 1.807) is 18.8 Å². The normalized spacial score (nSPS) is 11.3. The summed E-state index contributed by atoms with van der Waals surface area (Å²) in [6.45, 7) is 22.1. The van der Waals surface area contributed by atoms with Gasteiger partial charge >= 0.3 is 0 Å². The first-order valence-electron chi connectivity index (χ1n) is 34.1. The maximum atomic E-state index is 5.45. The fourth-order valence-corrected chi connectivity index (χ4v) is 18.5. The maximum Gasteiger partial charge on any atom is 0.140 e. The van der Waals surface area contributed by atoms with E-state index in [9.17, 15) is 0 Å². The van der Waals surface area contributed by atoms with Crippen molar-refractivity contribution in [1.29, 1.82) is 0 Å². The standard InChI is InChI=1S/C15H18NP.C15H13N.C12H19N4P.C12H9O3P.3C11H11N/c1-15(2,3)17(13-9-5-4-6-10-13)14-11-7-8-12-16-14;1-12-11-13-7-5-6-10-15(13)16(12)14-8-3-2-4-9-14;1-12(2,3)17(10-13-6-8-15(10)4)11-14-7-9-16(11)5;1-4-10(13-7-1)16(11-5-2-8-14-11)12-6-3-9-15-12;3*1-10-6-5-9-12(10)11-7-3-2-4-8-11/h4-12H,1-3H3;2-11H,1H3;6-9H,1-5H3;1-9H;3*2-9H,1H3. The summed E-state index contributed by atoms with van der Waals surface area (Å²) in [5.41, 5.74) is 17.3. The molecule has 0 bridgehead atoms. The summed E-state index contributed by atoms with van der Waals surface area (Å²) < 4.78 is 29.3. The Morgan fingerprint density at radius 3 is 1.03 bits per heavy atom. The van der Waals surface area contributed by atoms with Gasteiger partial charge in [0.2, 0.25) is 0 Å². The number of furan rings is 3. The number of aromatic nitrogens is 9. The van der Waals surface area contributed by atoms with E-state index in [1.807, 2.05) is 112 Å². The SMILES string of the molecule is CC(C)(C)P(c1ccccc1)c1ccccn1.Cc1cc2ccccc2n1-c1ccccc1.Cc1cccn1-c1ccccc1.Cc1cccn1-c1ccccc1.Cc1cccn1-c1ccccc1.Cn1ccnc1P(c1nccn1C)C(C)(C)C.c1coc(P(c2ccco2)c2ccco2)c1. The van der Waals surface area contributed by atoms with Crippen LogP contribution in [0.4, 0.5) is 0 Å². The number of hydrogen-bond acceptors (Lipinski definition) is 6. The van der Waals surface area contributed by atoms with Crippen LogP contribution in [0.1, 0.15) is 64.3 Å². The van der Waals surface area contributed by atoms with Gasteiger partial charge in [-0.2, -0.15) is 0 Å². The molecule has 12 nitrogen and oxygen atoms in total. The monoisotopic (exact) mass is 1400 g/mol. The van der Waals surface area contributed by atoms with E-state index < -0.39 is 23.8 Å². The molecule has 0 saturated heterocycles. The van der Waals surface area contributed by atoms with Gasteiger partial charge in [0.25, 0.3) is 0 Å². The number of nitrogens with zero attached hydrogens (tertiary/aromatic N) is 9. The number of pyridine rings is 1. The highest BCUT2D eigenvalue weighted by atomic mass is 31.1. The lowest BCUT2D eigenvalue weighted by molar-refractivity contribution is 0.584. The minimum Gasteiger partial charge on any atom is -0.464 e. The average Bonchev–Trinajstić information content (AvgIpc) is 1.61. The van der Waals surface area contributed by atoms with E-state index in [1.165, 1.54) is 67.2 Å². The van der Waals surface area contributed by atoms with Crippen molar-refractivity contribution in [3.05, 3.63) is 364 Å². The van der Waals surface area contributed by atoms with Gasteiger partial charge in [-0.05, 0) is 197 Å². The molecule has 10 heterocycles. The largest absolute Gasteiger partial charge is 0.464 e. The molecule has 16 rings (SSSR count). The van der Waals surface area contributed by atoms with Crippen LogP contribution in [0.25, 0.3) is 33.7 Å². The highest BCUT2D eigenvalue weighted by molar-refractivity contribution is 7.78. The van der Waals surface area contributed by atoms with Crippen LogP contribution >= 0.6 is 23.8 Å². The molecule has 0 aliphatic rings. The molecule has 0 N–H and O–H groups in total. The van der Waals surface area contributed by atoms with E-state index in [4.69, 9.17) is 13.3 Å². The molecule has 1 unspecified atom stereocenters. The third-order valence-electron chi connectivity index (χ3n) is 16.3. The third kappa shape index (κ3) is 19.9. The van der Waals surface area contributed by atoms with E-state index >= 15 is 0 Å². The smallest absolute Gasteiger partial charge is 0.140 e. The molecule has 10 aromatic heterocycles. The third-order valence-corrected chi connectivity index (χ3v) is 24.2. The zero-order valence-electron chi connectivity index (χ0n) is 60.4. The van der Waals surface area contributed by atoms with Crippen molar-refractivity contribution in [1.82, 2.24) is 42.4 Å². The summed E-state index contributed by atoms with van der Waals surface area (Å²) in [5, 5.41) is 3.07. The lowest BCUT2D eigenvalue weighted by atomic mass is 10.2. The van der Waals surface area contributed by atoms with Gasteiger partial charge in [0.05, 0.1) is 29.7 Å². The molecule has 0 fully saturated rings. The Labute approximate surface area is 605 Å². The first kappa shape index (κ1) is 74.1. The number of rotatable bonds is 11. The Kier molecular flexibility index (Phi) is 26.3. The molecular formula is C87H92N9O3P3. The number of benzene rings is 6. The first-order valence-corrected chi connectivity index (χ1v) is 38.1. The molecule has 0 spiro atoms. The van der Waals surface area contributed by atoms with Crippen LogP contribution in [-0.2, 0) is 14.1 Å². The molecular weight excluding hydrogens is 1310 g/mol. The van der Waals surface area contributed by atoms with Crippen LogP contribution in [0.2, 0.25) is 0 Å². The van der Waals surface area contributed by atoms with Crippen molar-refractivity contribution in [2.75, 3.05) is 0 Å². The van der Waals surface area contributed by atoms with Crippen LogP contribution in [0.3, 0.4) is 0 Å². The fraction of sp³-hybridized carbons (Fsp3) is 0.161. The van der Waals surface area contributed by atoms with Crippen molar-refractivity contribution in [3.63, 3.8) is 0 Å². The van der Waals surface area contributed by atoms with Crippen molar-refractivity contribution < 1.29 is 13.3 Å². The quantitative estimate of drug-likeness (QED) is 0.119. The summed E-state index contributed by atoms with van der Waals surface area (Å²) in [6, 6.07) is 93.0. The minimum atomic E-state index is -0.835. The lowest BCUT2D eigenvalue weighted by Crippen LogP contribution is -2.34. The molecule has 6 aromatic carbocycles. The first-order chi connectivity index (χ1) is 49.4. The molecule has 102 heavy (non-hydrogen) atoms. The zero-order chi connectivity index (χ0) is 71.9. The van der Waals surface area contributed by atoms with Gasteiger partial charge in [-0.25, -0.2) is 9.97 Å². The topological polar surface area (TPSA) is 108 Å². The molecule has 16 aromatic rings. The van der Waals surface area contributed by atoms with Crippen molar-refractivity contribution in [3.8, 4) is 22.7 Å². The Morgan fingerprint density at radius 2 is 0.696 bits per heavy atom. The van der Waals surface area contributed by atoms with Crippen LogP contribution in [0, 0.1) is 27.7 Å². The molecule has 0 radical (unpaired) electrons. The number of para-hydroxylation sites is 5. The van der Waals surface area contributed by atoms with Crippen LogP contribution in [-0.4, -0.2) is 52.7 Å². The van der Waals surface area contributed by atoms with E-state index in [2.05, 4.69) is 336 Å². The number of aryl methyl sites for hydroxylation is 6. The van der Waals surface area contributed by atoms with Gasteiger partial charge in [0, 0.05) is 123 Å². The molecule has 0 amide bonds. The zero-order valence-corrected chi connectivity index (χ0v) is 63.1. The van der Waals surface area contributed by atoms with Gasteiger partial charge in [-0.15, -0.1) is 0 Å². The number of imidazole rings is 2. The molecule has 0 saturated carbocycles. The Morgan fingerprint density at radius 1 is 0.324 bits per heavy atom. The molecule has 0 aliphatic carbocycles. The average molecular weight is 1400 g/mol. The van der Waals surface area contributed by atoms with Gasteiger partial charge in [-0.3, -0.25) is 4.98 Å². The summed E-state index contributed by atoms with van der Waals surface area (Å²) in [6.07, 6.45) is 20.8. The maximum absolute atomic E-state index is 5.45. The second-order valence-electron chi connectivity index (χ2n) is 26.0. The minimum absolute atomic E-state index is 0.146. The molecule has 1 atom stereocenters. The predicted molar refractivity (Wildman–Crippen MR) is 430 cm³/mol. The Balaban J connectivity index is 0.000000129. The molecule has 518 valence electrons. The molecule has 15 heteroatoms. The van der Waals surface area contributed by atoms with Gasteiger partial charge in [-0.1, -0.05) is 169 Å². The fourth-order valence-electron chi connectivity index (χ4n) is 11.5. The summed E-state index contributed by atoms with van der Waals surface area (Å²) in [5.74, 6) is 0. The highest BCUT2D eigenvalue weighted by Gasteiger charge is 2.34. The van der Waals surface area contributed by atoms with Gasteiger partial charge < -0.3 is 40.7 Å². The molecule has 0 aliphatic heterocycles. The van der Waals surface area contributed by atoms with E-state index in [0.717, 1.165) is 27.6 Å². The van der Waals surface area contributed by atoms with E-state index in [-0.39, 0.29) is 10.3 Å². The van der Waals surface area contributed by atoms with Crippen LogP contribution < -0.4 is 38.4 Å². The van der Waals surface area contributed by atoms with E-state index in [0.29, 0.717) is 0 Å². The summed E-state index contributed by atoms with van der Waals surface area (Å²) in [4.78, 5) is 13.6. The second-order valence-corrected chi connectivity index (χ2v) is 33.8. The number of hydrogen-bond donors (Lipinski definition) is 0. The highest BCUT2D eigenvalue weighted by Crippen LogP contribution is 2.47. The number of fused-ring (bicyclic) bond motifs is 1. The van der Waals surface area contributed by atoms with Crippen molar-refractivity contribution in [2.24, 2.45) is 14.1 Å². The van der Waals surface area contributed by atoms with Crippen LogP contribution in [0.15, 0.2) is 355 Å². The Bertz CT molecular complexity index is 4630. The van der Waals surface area contributed by atoms with Crippen molar-refractivity contribution in [2.45, 2.75) is 79.5 Å².